The number of para-hydroxylation sites is 1. The number of hydrogen-bond acceptors (Lipinski definition) is 3. The number of rotatable bonds is 4. The van der Waals surface area contributed by atoms with Gasteiger partial charge in [0.05, 0.1) is 16.8 Å². The third-order valence-electron chi connectivity index (χ3n) is 4.47. The smallest absolute Gasteiger partial charge is 0.147 e. The van der Waals surface area contributed by atoms with Crippen LogP contribution in [0.5, 0.6) is 5.75 Å². The van der Waals surface area contributed by atoms with Gasteiger partial charge < -0.3 is 10.4 Å². The maximum absolute atomic E-state index is 13.4. The normalized spacial score (nSPS) is 12.1. The zero-order valence-corrected chi connectivity index (χ0v) is 15.0. The second-order valence-corrected chi connectivity index (χ2v) is 6.59. The van der Waals surface area contributed by atoms with Crippen LogP contribution in [0.1, 0.15) is 17.2 Å². The lowest BCUT2D eigenvalue weighted by atomic mass is 9.96. The average molecular weight is 379 g/mol. The van der Waals surface area contributed by atoms with E-state index in [9.17, 15) is 9.50 Å². The molecule has 0 spiro atoms. The fourth-order valence-electron chi connectivity index (χ4n) is 3.11. The van der Waals surface area contributed by atoms with E-state index in [1.807, 2.05) is 42.5 Å². The van der Waals surface area contributed by atoms with Gasteiger partial charge in [-0.05, 0) is 35.9 Å². The van der Waals surface area contributed by atoms with E-state index in [4.69, 9.17) is 11.6 Å². The number of aromatic hydroxyl groups is 1. The zero-order chi connectivity index (χ0) is 18.8. The van der Waals surface area contributed by atoms with Crippen molar-refractivity contribution in [1.82, 2.24) is 4.98 Å². The summed E-state index contributed by atoms with van der Waals surface area (Å²) in [6, 6.07) is 20.5. The molecule has 0 fully saturated rings. The van der Waals surface area contributed by atoms with Gasteiger partial charge in [-0.2, -0.15) is 0 Å². The highest BCUT2D eigenvalue weighted by Crippen LogP contribution is 2.37. The summed E-state index contributed by atoms with van der Waals surface area (Å²) < 4.78 is 13.4. The summed E-state index contributed by atoms with van der Waals surface area (Å²) in [4.78, 5) is 4.29. The van der Waals surface area contributed by atoms with Crippen molar-refractivity contribution in [2.75, 3.05) is 5.32 Å². The minimum absolute atomic E-state index is 0.0852. The number of aromatic nitrogens is 1. The maximum atomic E-state index is 13.4. The number of fused-ring (bicyclic) bond motifs is 1. The van der Waals surface area contributed by atoms with Crippen molar-refractivity contribution in [2.24, 2.45) is 0 Å². The Labute approximate surface area is 161 Å². The Hall–Kier alpha value is -3.11. The number of hydrogen-bond donors (Lipinski definition) is 2. The molecule has 3 nitrogen and oxygen atoms in total. The summed E-state index contributed by atoms with van der Waals surface area (Å²) in [6.07, 6.45) is 1.64. The summed E-state index contributed by atoms with van der Waals surface area (Å²) in [6.45, 7) is 0. The molecule has 0 radical (unpaired) electrons. The maximum Gasteiger partial charge on any atom is 0.147 e. The molecule has 0 saturated carbocycles. The average Bonchev–Trinajstić information content (AvgIpc) is 2.69. The van der Waals surface area contributed by atoms with Crippen LogP contribution < -0.4 is 5.32 Å². The Morgan fingerprint density at radius 3 is 2.48 bits per heavy atom. The van der Waals surface area contributed by atoms with Crippen molar-refractivity contribution >= 4 is 28.2 Å². The van der Waals surface area contributed by atoms with E-state index < -0.39 is 6.04 Å². The van der Waals surface area contributed by atoms with Crippen molar-refractivity contribution < 1.29 is 9.50 Å². The van der Waals surface area contributed by atoms with E-state index in [1.54, 1.807) is 24.4 Å². The van der Waals surface area contributed by atoms with Crippen molar-refractivity contribution in [3.05, 3.63) is 101 Å². The minimum atomic E-state index is -0.433. The molecule has 1 unspecified atom stereocenters. The molecule has 4 rings (SSSR count). The van der Waals surface area contributed by atoms with Crippen LogP contribution in [0.3, 0.4) is 0 Å². The van der Waals surface area contributed by atoms with Crippen LogP contribution in [-0.4, -0.2) is 10.1 Å². The van der Waals surface area contributed by atoms with Gasteiger partial charge in [0.15, 0.2) is 0 Å². The number of pyridine rings is 1. The molecule has 4 aromatic rings. The first-order valence-electron chi connectivity index (χ1n) is 8.46. The first-order chi connectivity index (χ1) is 13.1. The molecular formula is C22H16ClFN2O. The highest BCUT2D eigenvalue weighted by molar-refractivity contribution is 6.33. The van der Waals surface area contributed by atoms with Gasteiger partial charge in [0.25, 0.3) is 0 Å². The van der Waals surface area contributed by atoms with Gasteiger partial charge in [-0.25, -0.2) is 4.39 Å². The molecule has 1 heterocycles. The van der Waals surface area contributed by atoms with E-state index in [0.717, 1.165) is 10.9 Å². The van der Waals surface area contributed by atoms with E-state index in [1.165, 1.54) is 12.1 Å². The lowest BCUT2D eigenvalue weighted by Crippen LogP contribution is -2.13. The summed E-state index contributed by atoms with van der Waals surface area (Å²) >= 11 is 6.31. The number of halogens is 2. The van der Waals surface area contributed by atoms with Crippen molar-refractivity contribution in [2.45, 2.75) is 6.04 Å². The Bertz CT molecular complexity index is 1100. The molecule has 0 aliphatic heterocycles. The monoisotopic (exact) mass is 378 g/mol. The number of phenolic OH excluding ortho intramolecular Hbond substituents is 1. The molecule has 1 atom stereocenters. The Morgan fingerprint density at radius 1 is 0.926 bits per heavy atom. The Balaban J connectivity index is 1.86. The molecule has 0 aliphatic rings. The summed E-state index contributed by atoms with van der Waals surface area (Å²) in [5.41, 5.74) is 2.66. The van der Waals surface area contributed by atoms with Crippen LogP contribution in [-0.2, 0) is 0 Å². The highest BCUT2D eigenvalue weighted by Gasteiger charge is 2.20. The van der Waals surface area contributed by atoms with E-state index in [-0.39, 0.29) is 11.6 Å². The lowest BCUT2D eigenvalue weighted by molar-refractivity contribution is 0.471. The standard InChI is InChI=1S/C22H16ClFN2O/c23-18-5-1-2-6-19(18)26-20(15-7-10-16(24)11-8-15)17-12-9-14-4-3-13-25-21(14)22(17)27/h1-13,20,26-27H. The van der Waals surface area contributed by atoms with E-state index in [2.05, 4.69) is 10.3 Å². The van der Waals surface area contributed by atoms with Gasteiger partial charge in [-0.15, -0.1) is 0 Å². The van der Waals surface area contributed by atoms with Crippen LogP contribution in [0, 0.1) is 5.82 Å². The molecule has 27 heavy (non-hydrogen) atoms. The molecule has 134 valence electrons. The van der Waals surface area contributed by atoms with Gasteiger partial charge in [-0.3, -0.25) is 4.98 Å². The topological polar surface area (TPSA) is 45.1 Å². The predicted octanol–water partition coefficient (Wildman–Crippen LogP) is 5.93. The van der Waals surface area contributed by atoms with Gasteiger partial charge in [0, 0.05) is 17.1 Å². The van der Waals surface area contributed by atoms with Crippen molar-refractivity contribution in [3.63, 3.8) is 0 Å². The van der Waals surface area contributed by atoms with Crippen LogP contribution in [0.4, 0.5) is 10.1 Å². The molecular weight excluding hydrogens is 363 g/mol. The number of benzene rings is 3. The van der Waals surface area contributed by atoms with Gasteiger partial charge in [0.1, 0.15) is 17.1 Å². The van der Waals surface area contributed by atoms with E-state index in [0.29, 0.717) is 21.8 Å². The van der Waals surface area contributed by atoms with Gasteiger partial charge in [-0.1, -0.05) is 54.1 Å². The fraction of sp³-hybridized carbons (Fsp3) is 0.0455. The fourth-order valence-corrected chi connectivity index (χ4v) is 3.30. The summed E-state index contributed by atoms with van der Waals surface area (Å²) in [5, 5.41) is 15.6. The minimum Gasteiger partial charge on any atom is -0.505 e. The second kappa shape index (κ2) is 7.25. The molecule has 0 aliphatic carbocycles. The van der Waals surface area contributed by atoms with Crippen LogP contribution in [0.15, 0.2) is 79.0 Å². The first kappa shape index (κ1) is 17.3. The molecule has 3 aromatic carbocycles. The predicted molar refractivity (Wildman–Crippen MR) is 107 cm³/mol. The summed E-state index contributed by atoms with van der Waals surface area (Å²) in [7, 11) is 0. The number of nitrogens with zero attached hydrogens (tertiary/aromatic N) is 1. The summed E-state index contributed by atoms with van der Waals surface area (Å²) in [5.74, 6) is -0.235. The van der Waals surface area contributed by atoms with Gasteiger partial charge >= 0.3 is 0 Å². The van der Waals surface area contributed by atoms with Crippen molar-refractivity contribution in [3.8, 4) is 5.75 Å². The first-order valence-corrected chi connectivity index (χ1v) is 8.84. The molecule has 0 amide bonds. The molecule has 2 N–H and O–H groups in total. The molecule has 0 bridgehead atoms. The molecule has 1 aromatic heterocycles. The quantitative estimate of drug-likeness (QED) is 0.462. The van der Waals surface area contributed by atoms with E-state index >= 15 is 0 Å². The highest BCUT2D eigenvalue weighted by atomic mass is 35.5. The number of nitrogens with one attached hydrogen (secondary N) is 1. The third kappa shape index (κ3) is 3.44. The number of anilines is 1. The van der Waals surface area contributed by atoms with Crippen LogP contribution >= 0.6 is 11.6 Å². The van der Waals surface area contributed by atoms with Gasteiger partial charge in [0.2, 0.25) is 0 Å². The van der Waals surface area contributed by atoms with Crippen LogP contribution in [0.25, 0.3) is 10.9 Å². The Morgan fingerprint density at radius 2 is 1.70 bits per heavy atom. The number of phenols is 1. The zero-order valence-electron chi connectivity index (χ0n) is 14.2. The lowest BCUT2D eigenvalue weighted by Gasteiger charge is -2.23. The molecule has 0 saturated heterocycles. The largest absolute Gasteiger partial charge is 0.505 e. The molecule has 5 heteroatoms. The van der Waals surface area contributed by atoms with Crippen LogP contribution in [0.2, 0.25) is 5.02 Å². The van der Waals surface area contributed by atoms with Crippen molar-refractivity contribution in [1.29, 1.82) is 0 Å². The second-order valence-electron chi connectivity index (χ2n) is 6.19. The third-order valence-corrected chi connectivity index (χ3v) is 4.80. The SMILES string of the molecule is Oc1c(C(Nc2ccccc2Cl)c2ccc(F)cc2)ccc2cccnc12. The Kier molecular flexibility index (Phi) is 4.65.